The number of halogens is 3. The number of anilines is 1. The van der Waals surface area contributed by atoms with Crippen molar-refractivity contribution in [1.82, 2.24) is 0 Å². The number of nitrogens with one attached hydrogen (secondary N) is 1. The van der Waals surface area contributed by atoms with Crippen LogP contribution in [0.3, 0.4) is 0 Å². The maximum absolute atomic E-state index is 12.7. The Morgan fingerprint density at radius 2 is 1.82 bits per heavy atom. The Kier molecular flexibility index (Phi) is 4.35. The zero-order valence-electron chi connectivity index (χ0n) is 11.5. The number of ether oxygens (including phenoxy) is 1. The molecule has 0 unspecified atom stereocenters. The van der Waals surface area contributed by atoms with E-state index in [1.54, 1.807) is 24.3 Å². The molecule has 2 rings (SSSR count). The number of Topliss-reactive ketones (excluding diaryl/α,β-unsaturated/α-hetero) is 1. The molecule has 0 heterocycles. The van der Waals surface area contributed by atoms with Gasteiger partial charge in [0.05, 0.1) is 18.4 Å². The number of benzene rings is 2. The van der Waals surface area contributed by atoms with Gasteiger partial charge in [0.2, 0.25) is 0 Å². The van der Waals surface area contributed by atoms with Crippen molar-refractivity contribution in [3.8, 4) is 0 Å². The summed E-state index contributed by atoms with van der Waals surface area (Å²) >= 11 is 0. The van der Waals surface area contributed by atoms with Crippen molar-refractivity contribution in [1.29, 1.82) is 0 Å². The molecular formula is C15H12F3NO3. The summed E-state index contributed by atoms with van der Waals surface area (Å²) in [5.41, 5.74) is -0.569. The van der Waals surface area contributed by atoms with Gasteiger partial charge in [-0.1, -0.05) is 30.3 Å². The highest BCUT2D eigenvalue weighted by Gasteiger charge is 2.40. The smallest absolute Gasteiger partial charge is 0.454 e. The summed E-state index contributed by atoms with van der Waals surface area (Å²) in [7, 11) is 1.16. The SMILES string of the molecule is COC(=O)CNc1c(C(=O)C(F)(F)F)ccc2ccccc12. The molecule has 0 spiro atoms. The molecule has 0 atom stereocenters. The van der Waals surface area contributed by atoms with Gasteiger partial charge in [-0.3, -0.25) is 9.59 Å². The summed E-state index contributed by atoms with van der Waals surface area (Å²) in [6.07, 6.45) is -5.00. The average molecular weight is 311 g/mol. The monoisotopic (exact) mass is 311 g/mol. The quantitative estimate of drug-likeness (QED) is 0.696. The molecule has 0 amide bonds. The summed E-state index contributed by atoms with van der Waals surface area (Å²) in [6.45, 7) is -0.345. The van der Waals surface area contributed by atoms with E-state index >= 15 is 0 Å². The minimum absolute atomic E-state index is 0.0363. The first kappa shape index (κ1) is 15.8. The van der Waals surface area contributed by atoms with Gasteiger partial charge in [-0.2, -0.15) is 13.2 Å². The first-order valence-electron chi connectivity index (χ1n) is 6.28. The fraction of sp³-hybridized carbons (Fsp3) is 0.200. The van der Waals surface area contributed by atoms with Crippen molar-refractivity contribution in [3.63, 3.8) is 0 Å². The average Bonchev–Trinajstić information content (AvgIpc) is 2.50. The highest BCUT2D eigenvalue weighted by atomic mass is 19.4. The van der Waals surface area contributed by atoms with Crippen molar-refractivity contribution in [2.75, 3.05) is 19.0 Å². The molecule has 0 saturated carbocycles. The van der Waals surface area contributed by atoms with Gasteiger partial charge >= 0.3 is 12.1 Å². The number of alkyl halides is 3. The Morgan fingerprint density at radius 1 is 1.14 bits per heavy atom. The lowest BCUT2D eigenvalue weighted by molar-refractivity contribution is -0.138. The molecule has 0 aliphatic carbocycles. The summed E-state index contributed by atoms with van der Waals surface area (Å²) < 4.78 is 42.6. The number of methoxy groups -OCH3 is 1. The number of hydrogen-bond donors (Lipinski definition) is 1. The van der Waals surface area contributed by atoms with Gasteiger partial charge in [-0.15, -0.1) is 0 Å². The Morgan fingerprint density at radius 3 is 2.45 bits per heavy atom. The number of hydrogen-bond acceptors (Lipinski definition) is 4. The molecule has 116 valence electrons. The molecule has 2 aromatic rings. The Hall–Kier alpha value is -2.57. The Balaban J connectivity index is 2.55. The summed E-state index contributed by atoms with van der Waals surface area (Å²) in [6, 6.07) is 9.14. The van der Waals surface area contributed by atoms with E-state index in [0.717, 1.165) is 13.2 Å². The van der Waals surface area contributed by atoms with Crippen LogP contribution in [0.4, 0.5) is 18.9 Å². The third-order valence-electron chi connectivity index (χ3n) is 3.07. The van der Waals surface area contributed by atoms with Crippen LogP contribution in [0, 0.1) is 0 Å². The number of carbonyl (C=O) groups excluding carboxylic acids is 2. The van der Waals surface area contributed by atoms with Crippen LogP contribution in [0.25, 0.3) is 10.8 Å². The van der Waals surface area contributed by atoms with Crippen molar-refractivity contribution in [3.05, 3.63) is 42.0 Å². The summed E-state index contributed by atoms with van der Waals surface area (Å²) in [5, 5.41) is 3.63. The number of carbonyl (C=O) groups is 2. The van der Waals surface area contributed by atoms with Crippen LogP contribution in [0.2, 0.25) is 0 Å². The minimum Gasteiger partial charge on any atom is -0.468 e. The second kappa shape index (κ2) is 6.05. The van der Waals surface area contributed by atoms with Crippen LogP contribution < -0.4 is 5.32 Å². The lowest BCUT2D eigenvalue weighted by atomic mass is 10.0. The standard InChI is InChI=1S/C15H12F3NO3/c1-22-12(20)8-19-13-10-5-3-2-4-9(10)6-7-11(13)14(21)15(16,17)18/h2-7,19H,8H2,1H3. The van der Waals surface area contributed by atoms with Crippen LogP contribution in [-0.4, -0.2) is 31.6 Å². The molecule has 0 radical (unpaired) electrons. The number of rotatable bonds is 4. The first-order valence-corrected chi connectivity index (χ1v) is 6.28. The molecule has 0 aromatic heterocycles. The Bertz CT molecular complexity index is 726. The minimum atomic E-state index is -5.00. The van der Waals surface area contributed by atoms with E-state index in [0.29, 0.717) is 10.8 Å². The molecule has 0 saturated heterocycles. The molecule has 4 nitrogen and oxygen atoms in total. The molecule has 7 heteroatoms. The predicted molar refractivity (Wildman–Crippen MR) is 74.8 cm³/mol. The maximum atomic E-state index is 12.7. The van der Waals surface area contributed by atoms with E-state index in [4.69, 9.17) is 0 Å². The lowest BCUT2D eigenvalue weighted by Crippen LogP contribution is -2.25. The second-order valence-corrected chi connectivity index (χ2v) is 4.47. The van der Waals surface area contributed by atoms with Gasteiger partial charge in [-0.25, -0.2) is 0 Å². The molecule has 2 aromatic carbocycles. The van der Waals surface area contributed by atoms with Crippen molar-refractivity contribution >= 4 is 28.2 Å². The van der Waals surface area contributed by atoms with Crippen molar-refractivity contribution < 1.29 is 27.5 Å². The fourth-order valence-corrected chi connectivity index (χ4v) is 2.04. The summed E-state index contributed by atoms with van der Waals surface area (Å²) in [4.78, 5) is 22.8. The van der Waals surface area contributed by atoms with Crippen LogP contribution in [0.5, 0.6) is 0 Å². The maximum Gasteiger partial charge on any atom is 0.454 e. The molecule has 22 heavy (non-hydrogen) atoms. The van der Waals surface area contributed by atoms with Crippen molar-refractivity contribution in [2.45, 2.75) is 6.18 Å². The summed E-state index contributed by atoms with van der Waals surface area (Å²) in [5.74, 6) is -2.62. The largest absolute Gasteiger partial charge is 0.468 e. The Labute approximate surface area is 123 Å². The predicted octanol–water partition coefficient (Wildman–Crippen LogP) is 3.17. The van der Waals surface area contributed by atoms with Gasteiger partial charge in [0.25, 0.3) is 5.78 Å². The van der Waals surface area contributed by atoms with E-state index < -0.39 is 23.5 Å². The highest BCUT2D eigenvalue weighted by molar-refractivity contribution is 6.11. The fourth-order valence-electron chi connectivity index (χ4n) is 2.04. The van der Waals surface area contributed by atoms with Gasteiger partial charge in [0, 0.05) is 5.39 Å². The molecule has 0 fully saturated rings. The third kappa shape index (κ3) is 3.19. The first-order chi connectivity index (χ1) is 10.3. The zero-order chi connectivity index (χ0) is 16.3. The molecule has 1 N–H and O–H groups in total. The van der Waals surface area contributed by atoms with Crippen LogP contribution in [-0.2, 0) is 9.53 Å². The van der Waals surface area contributed by atoms with Crippen LogP contribution in [0.15, 0.2) is 36.4 Å². The number of fused-ring (bicyclic) bond motifs is 1. The van der Waals surface area contributed by atoms with Crippen LogP contribution >= 0.6 is 0 Å². The highest BCUT2D eigenvalue weighted by Crippen LogP contribution is 2.32. The van der Waals surface area contributed by atoms with Gasteiger partial charge < -0.3 is 10.1 Å². The lowest BCUT2D eigenvalue weighted by Gasteiger charge is -2.15. The third-order valence-corrected chi connectivity index (χ3v) is 3.07. The molecule has 0 bridgehead atoms. The molecule has 0 aliphatic heterocycles. The molecule has 0 aliphatic rings. The van der Waals surface area contributed by atoms with Gasteiger partial charge in [0.15, 0.2) is 0 Å². The topological polar surface area (TPSA) is 55.4 Å². The van der Waals surface area contributed by atoms with E-state index in [1.807, 2.05) is 0 Å². The zero-order valence-corrected chi connectivity index (χ0v) is 11.5. The second-order valence-electron chi connectivity index (χ2n) is 4.47. The van der Waals surface area contributed by atoms with E-state index in [-0.39, 0.29) is 12.2 Å². The number of esters is 1. The van der Waals surface area contributed by atoms with Crippen molar-refractivity contribution in [2.24, 2.45) is 0 Å². The van der Waals surface area contributed by atoms with Crippen LogP contribution in [0.1, 0.15) is 10.4 Å². The van der Waals surface area contributed by atoms with Gasteiger partial charge in [-0.05, 0) is 11.5 Å². The van der Waals surface area contributed by atoms with E-state index in [2.05, 4.69) is 10.1 Å². The van der Waals surface area contributed by atoms with E-state index in [9.17, 15) is 22.8 Å². The van der Waals surface area contributed by atoms with E-state index in [1.165, 1.54) is 6.07 Å². The normalized spacial score (nSPS) is 11.3. The number of ketones is 1. The molecular weight excluding hydrogens is 299 g/mol. The van der Waals surface area contributed by atoms with Gasteiger partial charge in [0.1, 0.15) is 6.54 Å².